The zero-order chi connectivity index (χ0) is 11.4. The van der Waals surface area contributed by atoms with Crippen LogP contribution in [-0.2, 0) is 0 Å². The molecule has 1 amide bonds. The second-order valence-corrected chi connectivity index (χ2v) is 4.64. The van der Waals surface area contributed by atoms with Crippen LogP contribution < -0.4 is 5.32 Å². The smallest absolute Gasteiger partial charge is 0.287 e. The van der Waals surface area contributed by atoms with Crippen LogP contribution in [0.4, 0.5) is 0 Å². The lowest BCUT2D eigenvalue weighted by atomic mass is 10.1. The number of hydrogen-bond donors (Lipinski definition) is 1. The average Bonchev–Trinajstić information content (AvgIpc) is 2.54. The third-order valence-corrected chi connectivity index (χ3v) is 3.19. The molecule has 1 fully saturated rings. The minimum absolute atomic E-state index is 0.154. The highest BCUT2D eigenvalue weighted by Gasteiger charge is 2.17. The molecule has 88 valence electrons. The average molecular weight is 242 g/mol. The number of carbonyl (C=O) groups is 1. The molecule has 0 bridgehead atoms. The van der Waals surface area contributed by atoms with E-state index in [0.29, 0.717) is 11.8 Å². The van der Waals surface area contributed by atoms with Gasteiger partial charge in [-0.25, -0.2) is 0 Å². The predicted octanol–water partition coefficient (Wildman–Crippen LogP) is 3.39. The number of amides is 1. The molecule has 1 N–H and O–H groups in total. The second-order valence-electron chi connectivity index (χ2n) is 4.27. The van der Waals surface area contributed by atoms with Crippen molar-refractivity contribution in [1.29, 1.82) is 0 Å². The van der Waals surface area contributed by atoms with E-state index in [0.717, 1.165) is 12.8 Å². The molecule has 0 saturated heterocycles. The molecule has 3 nitrogen and oxygen atoms in total. The second kappa shape index (κ2) is 5.39. The fraction of sp³-hybridized carbons (Fsp3) is 0.583. The number of nitrogens with one attached hydrogen (secondary N) is 1. The molecular weight excluding hydrogens is 226 g/mol. The molecule has 0 spiro atoms. The lowest BCUT2D eigenvalue weighted by Gasteiger charge is -2.14. The van der Waals surface area contributed by atoms with E-state index in [2.05, 4.69) is 5.32 Å². The van der Waals surface area contributed by atoms with Crippen molar-refractivity contribution in [2.45, 2.75) is 44.6 Å². The van der Waals surface area contributed by atoms with Gasteiger partial charge < -0.3 is 9.73 Å². The maximum atomic E-state index is 11.8. The van der Waals surface area contributed by atoms with Crippen LogP contribution in [0.2, 0.25) is 5.22 Å². The molecule has 1 saturated carbocycles. The van der Waals surface area contributed by atoms with Crippen molar-refractivity contribution < 1.29 is 9.21 Å². The highest BCUT2D eigenvalue weighted by molar-refractivity contribution is 6.29. The van der Waals surface area contributed by atoms with Gasteiger partial charge in [-0.15, -0.1) is 0 Å². The van der Waals surface area contributed by atoms with Crippen LogP contribution in [0.1, 0.15) is 49.1 Å². The molecular formula is C12H16ClNO2. The Kier molecular flexibility index (Phi) is 3.88. The van der Waals surface area contributed by atoms with Crippen LogP contribution in [0.15, 0.2) is 16.5 Å². The van der Waals surface area contributed by atoms with Gasteiger partial charge in [0, 0.05) is 6.04 Å². The largest absolute Gasteiger partial charge is 0.440 e. The monoisotopic (exact) mass is 241 g/mol. The predicted molar refractivity (Wildman–Crippen MR) is 62.7 cm³/mol. The van der Waals surface area contributed by atoms with E-state index >= 15 is 0 Å². The number of hydrogen-bond acceptors (Lipinski definition) is 2. The fourth-order valence-electron chi connectivity index (χ4n) is 2.12. The first-order chi connectivity index (χ1) is 7.75. The van der Waals surface area contributed by atoms with E-state index in [9.17, 15) is 4.79 Å². The molecule has 1 aromatic heterocycles. The van der Waals surface area contributed by atoms with Crippen molar-refractivity contribution in [3.63, 3.8) is 0 Å². The minimum atomic E-state index is -0.154. The fourth-order valence-corrected chi connectivity index (χ4v) is 2.26. The van der Waals surface area contributed by atoms with Gasteiger partial charge in [-0.1, -0.05) is 25.7 Å². The van der Waals surface area contributed by atoms with Crippen molar-refractivity contribution in [2.24, 2.45) is 0 Å². The normalized spacial score (nSPS) is 18.1. The Balaban J connectivity index is 1.90. The summed E-state index contributed by atoms with van der Waals surface area (Å²) in [7, 11) is 0. The van der Waals surface area contributed by atoms with Crippen LogP contribution in [0.5, 0.6) is 0 Å². The van der Waals surface area contributed by atoms with Gasteiger partial charge >= 0.3 is 0 Å². The maximum Gasteiger partial charge on any atom is 0.287 e. The van der Waals surface area contributed by atoms with Crippen molar-refractivity contribution in [3.05, 3.63) is 23.1 Å². The maximum absolute atomic E-state index is 11.8. The Hall–Kier alpha value is -0.960. The van der Waals surface area contributed by atoms with Crippen LogP contribution in [-0.4, -0.2) is 11.9 Å². The summed E-state index contributed by atoms with van der Waals surface area (Å²) in [5, 5.41) is 3.25. The van der Waals surface area contributed by atoms with Crippen molar-refractivity contribution in [2.75, 3.05) is 0 Å². The first kappa shape index (κ1) is 11.5. The summed E-state index contributed by atoms with van der Waals surface area (Å²) >= 11 is 5.63. The molecule has 16 heavy (non-hydrogen) atoms. The standard InChI is InChI=1S/C12H16ClNO2/c13-11-8-7-10(16-11)12(15)14-9-5-3-1-2-4-6-9/h7-9H,1-6H2,(H,14,15). The lowest BCUT2D eigenvalue weighted by Crippen LogP contribution is -2.34. The van der Waals surface area contributed by atoms with Crippen LogP contribution in [0.3, 0.4) is 0 Å². The van der Waals surface area contributed by atoms with Gasteiger partial charge in [0.25, 0.3) is 5.91 Å². The summed E-state index contributed by atoms with van der Waals surface area (Å²) in [6, 6.07) is 3.48. The first-order valence-electron chi connectivity index (χ1n) is 5.82. The molecule has 0 aromatic carbocycles. The molecule has 2 rings (SSSR count). The third kappa shape index (κ3) is 3.01. The number of rotatable bonds is 2. The summed E-state index contributed by atoms with van der Waals surface area (Å²) in [4.78, 5) is 11.8. The highest BCUT2D eigenvalue weighted by atomic mass is 35.5. The quantitative estimate of drug-likeness (QED) is 0.807. The Morgan fingerprint density at radius 1 is 1.25 bits per heavy atom. The van der Waals surface area contributed by atoms with Crippen LogP contribution in [0.25, 0.3) is 0 Å². The zero-order valence-electron chi connectivity index (χ0n) is 9.17. The highest BCUT2D eigenvalue weighted by Crippen LogP contribution is 2.18. The number of carbonyl (C=O) groups excluding carboxylic acids is 1. The number of furan rings is 1. The van der Waals surface area contributed by atoms with Gasteiger partial charge in [-0.05, 0) is 36.6 Å². The number of halogens is 1. The summed E-state index contributed by atoms with van der Waals surface area (Å²) in [5.74, 6) is 0.146. The lowest BCUT2D eigenvalue weighted by molar-refractivity contribution is 0.0905. The van der Waals surface area contributed by atoms with E-state index in [1.54, 1.807) is 12.1 Å². The van der Waals surface area contributed by atoms with Gasteiger partial charge in [0.1, 0.15) is 0 Å². The molecule has 1 aliphatic rings. The Morgan fingerprint density at radius 3 is 2.50 bits per heavy atom. The molecule has 0 aliphatic heterocycles. The van der Waals surface area contributed by atoms with Crippen molar-refractivity contribution in [1.82, 2.24) is 5.32 Å². The SMILES string of the molecule is O=C(NC1CCCCCC1)c1ccc(Cl)o1. The van der Waals surface area contributed by atoms with Gasteiger partial charge in [0.05, 0.1) is 0 Å². The molecule has 4 heteroatoms. The van der Waals surface area contributed by atoms with E-state index < -0.39 is 0 Å². The van der Waals surface area contributed by atoms with Crippen LogP contribution in [0, 0.1) is 0 Å². The molecule has 1 heterocycles. The van der Waals surface area contributed by atoms with Gasteiger partial charge in [-0.2, -0.15) is 0 Å². The first-order valence-corrected chi connectivity index (χ1v) is 6.20. The minimum Gasteiger partial charge on any atom is -0.440 e. The summed E-state index contributed by atoms with van der Waals surface area (Å²) in [6.45, 7) is 0. The third-order valence-electron chi connectivity index (χ3n) is 2.99. The van der Waals surface area contributed by atoms with E-state index in [-0.39, 0.29) is 11.1 Å². The van der Waals surface area contributed by atoms with Crippen molar-refractivity contribution in [3.8, 4) is 0 Å². The Labute approximate surface area is 100 Å². The van der Waals surface area contributed by atoms with Crippen molar-refractivity contribution >= 4 is 17.5 Å². The molecule has 1 aliphatic carbocycles. The van der Waals surface area contributed by atoms with Gasteiger partial charge in [-0.3, -0.25) is 4.79 Å². The van der Waals surface area contributed by atoms with Crippen LogP contribution >= 0.6 is 11.6 Å². The zero-order valence-corrected chi connectivity index (χ0v) is 9.93. The summed E-state index contributed by atoms with van der Waals surface area (Å²) in [5.41, 5.74) is 0. The Morgan fingerprint density at radius 2 is 1.94 bits per heavy atom. The molecule has 0 atom stereocenters. The van der Waals surface area contributed by atoms with E-state index in [1.165, 1.54) is 25.7 Å². The van der Waals surface area contributed by atoms with Gasteiger partial charge in [0.2, 0.25) is 0 Å². The molecule has 1 aromatic rings. The van der Waals surface area contributed by atoms with E-state index in [4.69, 9.17) is 16.0 Å². The van der Waals surface area contributed by atoms with Gasteiger partial charge in [0.15, 0.2) is 11.0 Å². The summed E-state index contributed by atoms with van der Waals surface area (Å²) < 4.78 is 5.07. The molecule has 0 unspecified atom stereocenters. The topological polar surface area (TPSA) is 42.2 Å². The Bertz CT molecular complexity index is 354. The molecule has 0 radical (unpaired) electrons. The van der Waals surface area contributed by atoms with E-state index in [1.807, 2.05) is 0 Å². The summed E-state index contributed by atoms with van der Waals surface area (Å²) in [6.07, 6.45) is 7.09.